The van der Waals surface area contributed by atoms with E-state index >= 15 is 0 Å². The highest BCUT2D eigenvalue weighted by Crippen LogP contribution is 2.40. The number of likely N-dealkylation sites (N-methyl/N-ethyl adjacent to an activating group) is 1. The van der Waals surface area contributed by atoms with Crippen LogP contribution >= 0.6 is 0 Å². The van der Waals surface area contributed by atoms with Crippen LogP contribution in [0.25, 0.3) is 5.76 Å². The molecule has 1 heterocycles. The SMILES string of the molecule is CCOc1ccc(C(O)=C2C(=O)C(=O)N(CCN(C)C)C2c2ccccc2F)c(C)c1. The Kier molecular flexibility index (Phi) is 6.75. The zero-order chi connectivity index (χ0) is 22.7. The first-order valence-electron chi connectivity index (χ1n) is 10.2. The van der Waals surface area contributed by atoms with Crippen LogP contribution < -0.4 is 4.74 Å². The Morgan fingerprint density at radius 2 is 1.90 bits per heavy atom. The molecule has 2 aromatic carbocycles. The molecule has 1 aliphatic heterocycles. The van der Waals surface area contributed by atoms with Gasteiger partial charge in [0.2, 0.25) is 0 Å². The lowest BCUT2D eigenvalue weighted by Gasteiger charge is -2.27. The molecule has 7 heteroatoms. The van der Waals surface area contributed by atoms with Gasteiger partial charge in [0.15, 0.2) is 0 Å². The number of benzene rings is 2. The molecule has 1 fully saturated rings. The Morgan fingerprint density at radius 1 is 1.19 bits per heavy atom. The molecule has 0 aromatic heterocycles. The summed E-state index contributed by atoms with van der Waals surface area (Å²) in [5.74, 6) is -1.80. The largest absolute Gasteiger partial charge is 0.507 e. The van der Waals surface area contributed by atoms with E-state index in [1.54, 1.807) is 37.3 Å². The Bertz CT molecular complexity index is 1030. The van der Waals surface area contributed by atoms with E-state index in [-0.39, 0.29) is 23.4 Å². The molecule has 1 unspecified atom stereocenters. The monoisotopic (exact) mass is 426 g/mol. The molecule has 0 radical (unpaired) electrons. The number of carbonyl (C=O) groups is 2. The van der Waals surface area contributed by atoms with Crippen molar-refractivity contribution in [2.24, 2.45) is 0 Å². The van der Waals surface area contributed by atoms with Gasteiger partial charge in [-0.05, 0) is 57.8 Å². The molecule has 1 atom stereocenters. The third-order valence-electron chi connectivity index (χ3n) is 5.29. The number of aliphatic hydroxyl groups excluding tert-OH is 1. The molecular weight excluding hydrogens is 399 g/mol. The van der Waals surface area contributed by atoms with Crippen molar-refractivity contribution in [2.75, 3.05) is 33.8 Å². The average molecular weight is 426 g/mol. The summed E-state index contributed by atoms with van der Waals surface area (Å²) in [4.78, 5) is 29.0. The fraction of sp³-hybridized carbons (Fsp3) is 0.333. The van der Waals surface area contributed by atoms with Gasteiger partial charge in [-0.3, -0.25) is 9.59 Å². The van der Waals surface area contributed by atoms with E-state index in [0.29, 0.717) is 30.0 Å². The number of Topliss-reactive ketones (excluding diaryl/α,β-unsaturated/α-hetero) is 1. The van der Waals surface area contributed by atoms with E-state index in [9.17, 15) is 19.1 Å². The minimum atomic E-state index is -1.01. The van der Waals surface area contributed by atoms with Gasteiger partial charge in [0.05, 0.1) is 18.2 Å². The number of ether oxygens (including phenoxy) is 1. The normalized spacial score (nSPS) is 18.1. The molecular formula is C24H27FN2O4. The number of halogens is 1. The summed E-state index contributed by atoms with van der Waals surface area (Å²) in [7, 11) is 3.69. The van der Waals surface area contributed by atoms with Crippen LogP contribution in [0.1, 0.15) is 29.7 Å². The number of hydrogen-bond acceptors (Lipinski definition) is 5. The van der Waals surface area contributed by atoms with Gasteiger partial charge < -0.3 is 19.6 Å². The van der Waals surface area contributed by atoms with Crippen LogP contribution in [-0.2, 0) is 9.59 Å². The van der Waals surface area contributed by atoms with E-state index in [4.69, 9.17) is 4.74 Å². The lowest BCUT2D eigenvalue weighted by molar-refractivity contribution is -0.140. The Balaban J connectivity index is 2.16. The quantitative estimate of drug-likeness (QED) is 0.417. The zero-order valence-corrected chi connectivity index (χ0v) is 18.2. The molecule has 31 heavy (non-hydrogen) atoms. The van der Waals surface area contributed by atoms with Crippen LogP contribution in [-0.4, -0.2) is 60.4 Å². The lowest BCUT2D eigenvalue weighted by Crippen LogP contribution is -2.35. The zero-order valence-electron chi connectivity index (χ0n) is 18.2. The number of amides is 1. The maximum atomic E-state index is 14.7. The first-order valence-corrected chi connectivity index (χ1v) is 10.2. The van der Waals surface area contributed by atoms with Crippen LogP contribution in [0.5, 0.6) is 5.75 Å². The van der Waals surface area contributed by atoms with Crippen LogP contribution in [0.4, 0.5) is 4.39 Å². The highest BCUT2D eigenvalue weighted by Gasteiger charge is 2.46. The molecule has 1 amide bonds. The summed E-state index contributed by atoms with van der Waals surface area (Å²) in [5.41, 5.74) is 1.14. The van der Waals surface area contributed by atoms with Crippen LogP contribution in [0.3, 0.4) is 0 Å². The van der Waals surface area contributed by atoms with Gasteiger partial charge in [0.25, 0.3) is 11.7 Å². The van der Waals surface area contributed by atoms with Crippen molar-refractivity contribution >= 4 is 17.4 Å². The summed E-state index contributed by atoms with van der Waals surface area (Å²) in [5, 5.41) is 11.1. The molecule has 2 aromatic rings. The Hall–Kier alpha value is -3.19. The first-order chi connectivity index (χ1) is 14.8. The van der Waals surface area contributed by atoms with Crippen molar-refractivity contribution in [3.8, 4) is 5.75 Å². The predicted octanol–water partition coefficient (Wildman–Crippen LogP) is 3.52. The van der Waals surface area contributed by atoms with Crippen molar-refractivity contribution in [3.63, 3.8) is 0 Å². The van der Waals surface area contributed by atoms with Gasteiger partial charge >= 0.3 is 0 Å². The van der Waals surface area contributed by atoms with Crippen molar-refractivity contribution in [1.82, 2.24) is 9.80 Å². The summed E-state index contributed by atoms with van der Waals surface area (Å²) in [6, 6.07) is 10.1. The lowest BCUT2D eigenvalue weighted by atomic mass is 9.93. The molecule has 1 aliphatic rings. The van der Waals surface area contributed by atoms with Gasteiger partial charge in [-0.2, -0.15) is 0 Å². The number of carbonyl (C=O) groups excluding carboxylic acids is 2. The molecule has 6 nitrogen and oxygen atoms in total. The second kappa shape index (κ2) is 9.31. The second-order valence-corrected chi connectivity index (χ2v) is 7.73. The highest BCUT2D eigenvalue weighted by atomic mass is 19.1. The predicted molar refractivity (Wildman–Crippen MR) is 116 cm³/mol. The minimum Gasteiger partial charge on any atom is -0.507 e. The fourth-order valence-corrected chi connectivity index (χ4v) is 3.74. The van der Waals surface area contributed by atoms with Gasteiger partial charge in [-0.1, -0.05) is 18.2 Å². The number of nitrogens with zero attached hydrogens (tertiary/aromatic N) is 2. The van der Waals surface area contributed by atoms with E-state index in [1.165, 1.54) is 17.0 Å². The van der Waals surface area contributed by atoms with Crippen molar-refractivity contribution in [3.05, 3.63) is 70.5 Å². The van der Waals surface area contributed by atoms with Crippen molar-refractivity contribution < 1.29 is 23.8 Å². The van der Waals surface area contributed by atoms with Crippen LogP contribution in [0.2, 0.25) is 0 Å². The molecule has 1 saturated heterocycles. The minimum absolute atomic E-state index is 0.110. The molecule has 0 spiro atoms. The number of aliphatic hydroxyl groups is 1. The smallest absolute Gasteiger partial charge is 0.295 e. The van der Waals surface area contributed by atoms with E-state index in [0.717, 1.165) is 0 Å². The maximum Gasteiger partial charge on any atom is 0.295 e. The summed E-state index contributed by atoms with van der Waals surface area (Å²) in [6.45, 7) is 4.84. The van der Waals surface area contributed by atoms with Crippen molar-refractivity contribution in [1.29, 1.82) is 0 Å². The van der Waals surface area contributed by atoms with Gasteiger partial charge in [0.1, 0.15) is 17.3 Å². The summed E-state index contributed by atoms with van der Waals surface area (Å²) in [6.07, 6.45) is 0. The summed E-state index contributed by atoms with van der Waals surface area (Å²) >= 11 is 0. The van der Waals surface area contributed by atoms with Crippen LogP contribution in [0, 0.1) is 12.7 Å². The number of ketones is 1. The number of aryl methyl sites for hydroxylation is 1. The van der Waals surface area contributed by atoms with Gasteiger partial charge in [-0.25, -0.2) is 4.39 Å². The molecule has 0 bridgehead atoms. The molecule has 164 valence electrons. The molecule has 1 N–H and O–H groups in total. The highest BCUT2D eigenvalue weighted by molar-refractivity contribution is 6.46. The molecule has 3 rings (SSSR count). The standard InChI is InChI=1S/C24H27FN2O4/c1-5-31-16-10-11-17(15(2)14-16)22(28)20-21(18-8-6-7-9-19(18)25)27(13-12-26(3)4)24(30)23(20)29/h6-11,14,21,28H,5,12-13H2,1-4H3. The Labute approximate surface area is 181 Å². The number of likely N-dealkylation sites (tertiary alicyclic amines) is 1. The van der Waals surface area contributed by atoms with Gasteiger partial charge in [-0.15, -0.1) is 0 Å². The first kappa shape index (κ1) is 22.5. The number of hydrogen-bond donors (Lipinski definition) is 1. The molecule has 0 aliphatic carbocycles. The Morgan fingerprint density at radius 3 is 2.52 bits per heavy atom. The van der Waals surface area contributed by atoms with Crippen LogP contribution in [0.15, 0.2) is 48.0 Å². The average Bonchev–Trinajstić information content (AvgIpc) is 2.97. The van der Waals surface area contributed by atoms with E-state index < -0.39 is 23.5 Å². The fourth-order valence-electron chi connectivity index (χ4n) is 3.74. The topological polar surface area (TPSA) is 70.1 Å². The third kappa shape index (κ3) is 4.46. The van der Waals surface area contributed by atoms with E-state index in [2.05, 4.69) is 0 Å². The third-order valence-corrected chi connectivity index (χ3v) is 5.29. The maximum absolute atomic E-state index is 14.7. The summed E-state index contributed by atoms with van der Waals surface area (Å²) < 4.78 is 20.2. The number of rotatable bonds is 7. The second-order valence-electron chi connectivity index (χ2n) is 7.73. The molecule has 0 saturated carbocycles. The van der Waals surface area contributed by atoms with Crippen molar-refractivity contribution in [2.45, 2.75) is 19.9 Å². The van der Waals surface area contributed by atoms with Gasteiger partial charge in [0, 0.05) is 24.2 Å². The van der Waals surface area contributed by atoms with E-state index in [1.807, 2.05) is 25.9 Å².